The standard InChI is InChI=1S/C8H8ClNO4S/c9-8(15(13)14)5-6-2-1-3-7(4-6)10(11)12/h1-4,8,15H,5H2. The fraction of sp³-hybridized carbons (Fsp3) is 0.250. The van der Waals surface area contributed by atoms with E-state index in [0.29, 0.717) is 5.56 Å². The third-order valence-electron chi connectivity index (χ3n) is 1.75. The SMILES string of the molecule is O=[N+]([O-])c1cccc(CC(Cl)[SH](=O)=O)c1. The van der Waals surface area contributed by atoms with Gasteiger partial charge in [-0.05, 0) is 5.56 Å². The summed E-state index contributed by atoms with van der Waals surface area (Å²) in [6.07, 6.45) is 0.0714. The fourth-order valence-electron chi connectivity index (χ4n) is 1.07. The number of rotatable bonds is 4. The van der Waals surface area contributed by atoms with E-state index in [2.05, 4.69) is 0 Å². The monoisotopic (exact) mass is 249 g/mol. The van der Waals surface area contributed by atoms with Crippen LogP contribution in [0.25, 0.3) is 0 Å². The molecule has 1 unspecified atom stereocenters. The zero-order valence-electron chi connectivity index (χ0n) is 7.50. The minimum absolute atomic E-state index is 0.0714. The molecular weight excluding hydrogens is 242 g/mol. The molecule has 0 saturated carbocycles. The number of hydrogen-bond donors (Lipinski definition) is 1. The van der Waals surface area contributed by atoms with Gasteiger partial charge in [-0.15, -0.1) is 11.6 Å². The van der Waals surface area contributed by atoms with E-state index in [1.807, 2.05) is 0 Å². The van der Waals surface area contributed by atoms with Crippen LogP contribution in [0.15, 0.2) is 24.3 Å². The molecule has 0 heterocycles. The molecule has 0 amide bonds. The van der Waals surface area contributed by atoms with Gasteiger partial charge in [0.15, 0.2) is 10.7 Å². The lowest BCUT2D eigenvalue weighted by Gasteiger charge is -2.01. The molecule has 0 aliphatic heterocycles. The average Bonchev–Trinajstić information content (AvgIpc) is 2.18. The lowest BCUT2D eigenvalue weighted by atomic mass is 10.1. The average molecular weight is 250 g/mol. The maximum Gasteiger partial charge on any atom is 0.269 e. The van der Waals surface area contributed by atoms with Crippen LogP contribution >= 0.6 is 11.6 Å². The van der Waals surface area contributed by atoms with Gasteiger partial charge in [0, 0.05) is 18.6 Å². The highest BCUT2D eigenvalue weighted by Gasteiger charge is 2.11. The highest BCUT2D eigenvalue weighted by atomic mass is 35.5. The zero-order chi connectivity index (χ0) is 11.4. The Morgan fingerprint density at radius 2 is 2.13 bits per heavy atom. The van der Waals surface area contributed by atoms with Crippen molar-refractivity contribution in [3.05, 3.63) is 39.9 Å². The van der Waals surface area contributed by atoms with E-state index >= 15 is 0 Å². The molecule has 0 aliphatic carbocycles. The minimum atomic E-state index is -2.71. The Morgan fingerprint density at radius 1 is 1.47 bits per heavy atom. The predicted octanol–water partition coefficient (Wildman–Crippen LogP) is 1.31. The molecule has 0 aliphatic rings. The van der Waals surface area contributed by atoms with Crippen LogP contribution in [0.5, 0.6) is 0 Å². The number of halogens is 1. The summed E-state index contributed by atoms with van der Waals surface area (Å²) in [5.41, 5.74) is 0.459. The first-order valence-corrected chi connectivity index (χ1v) is 5.70. The lowest BCUT2D eigenvalue weighted by molar-refractivity contribution is -0.384. The van der Waals surface area contributed by atoms with Gasteiger partial charge in [-0.25, -0.2) is 8.42 Å². The zero-order valence-corrected chi connectivity index (χ0v) is 9.15. The van der Waals surface area contributed by atoms with E-state index in [0.717, 1.165) is 0 Å². The normalized spacial score (nSPS) is 12.7. The molecule has 0 radical (unpaired) electrons. The van der Waals surface area contributed by atoms with Gasteiger partial charge < -0.3 is 0 Å². The smallest absolute Gasteiger partial charge is 0.258 e. The van der Waals surface area contributed by atoms with E-state index < -0.39 is 20.3 Å². The first-order valence-electron chi connectivity index (χ1n) is 4.01. The van der Waals surface area contributed by atoms with Gasteiger partial charge in [0.25, 0.3) is 5.69 Å². The Morgan fingerprint density at radius 3 is 2.67 bits per heavy atom. The fourth-order valence-corrected chi connectivity index (χ4v) is 1.60. The number of nitro benzene ring substituents is 1. The minimum Gasteiger partial charge on any atom is -0.258 e. The summed E-state index contributed by atoms with van der Waals surface area (Å²) in [5.74, 6) is 0. The van der Waals surface area contributed by atoms with Gasteiger partial charge in [0.1, 0.15) is 4.71 Å². The predicted molar refractivity (Wildman–Crippen MR) is 56.8 cm³/mol. The number of benzene rings is 1. The number of nitro groups is 1. The van der Waals surface area contributed by atoms with Crippen LogP contribution in [0.1, 0.15) is 5.56 Å². The summed E-state index contributed by atoms with van der Waals surface area (Å²) in [6.45, 7) is 0. The molecule has 82 valence electrons. The highest BCUT2D eigenvalue weighted by Crippen LogP contribution is 2.16. The Bertz CT molecular complexity index is 438. The number of alkyl halides is 1. The number of nitrogens with zero attached hydrogens (tertiary/aromatic N) is 1. The van der Waals surface area contributed by atoms with Crippen molar-refractivity contribution in [2.24, 2.45) is 0 Å². The van der Waals surface area contributed by atoms with Crippen LogP contribution in [0.2, 0.25) is 0 Å². The Labute approximate surface area is 92.8 Å². The van der Waals surface area contributed by atoms with Crippen LogP contribution in [0, 0.1) is 10.1 Å². The summed E-state index contributed by atoms with van der Waals surface area (Å²) in [7, 11) is -2.71. The maximum atomic E-state index is 10.5. The van der Waals surface area contributed by atoms with Crippen molar-refractivity contribution in [3.63, 3.8) is 0 Å². The molecule has 1 aromatic rings. The second-order valence-corrected chi connectivity index (χ2v) is 4.88. The summed E-state index contributed by atoms with van der Waals surface area (Å²) >= 11 is 5.52. The highest BCUT2D eigenvalue weighted by molar-refractivity contribution is 7.74. The van der Waals surface area contributed by atoms with Crippen molar-refractivity contribution < 1.29 is 13.3 Å². The molecule has 7 heteroatoms. The summed E-state index contributed by atoms with van der Waals surface area (Å²) < 4.78 is 20.0. The first kappa shape index (κ1) is 11.9. The van der Waals surface area contributed by atoms with Gasteiger partial charge >= 0.3 is 0 Å². The van der Waals surface area contributed by atoms with Crippen LogP contribution in [-0.2, 0) is 17.1 Å². The van der Waals surface area contributed by atoms with Crippen LogP contribution in [0.3, 0.4) is 0 Å². The Balaban J connectivity index is 2.87. The van der Waals surface area contributed by atoms with Gasteiger partial charge in [-0.2, -0.15) is 0 Å². The Hall–Kier alpha value is -1.14. The van der Waals surface area contributed by atoms with Gasteiger partial charge in [0.05, 0.1) is 4.92 Å². The quantitative estimate of drug-likeness (QED) is 0.378. The summed E-state index contributed by atoms with van der Waals surface area (Å²) in [4.78, 5) is 9.89. The maximum absolute atomic E-state index is 10.5. The van der Waals surface area contributed by atoms with Crippen LogP contribution in [-0.4, -0.2) is 18.1 Å². The molecule has 0 bridgehead atoms. The molecular formula is C8H8ClNO4S. The third-order valence-corrected chi connectivity index (χ3v) is 3.03. The summed E-state index contributed by atoms with van der Waals surface area (Å²) in [5, 5.41) is 10.4. The van der Waals surface area contributed by atoms with E-state index in [9.17, 15) is 18.5 Å². The second kappa shape index (κ2) is 5.09. The number of hydrogen-bond acceptors (Lipinski definition) is 4. The first-order chi connectivity index (χ1) is 7.00. The molecule has 15 heavy (non-hydrogen) atoms. The van der Waals surface area contributed by atoms with E-state index in [1.54, 1.807) is 6.07 Å². The molecule has 1 rings (SSSR count). The van der Waals surface area contributed by atoms with Crippen molar-refractivity contribution in [1.82, 2.24) is 0 Å². The second-order valence-electron chi connectivity index (χ2n) is 2.85. The van der Waals surface area contributed by atoms with Crippen LogP contribution < -0.4 is 0 Å². The Kier molecular flexibility index (Phi) is 4.05. The van der Waals surface area contributed by atoms with Crippen molar-refractivity contribution in [2.45, 2.75) is 11.1 Å². The number of thiol groups is 1. The summed E-state index contributed by atoms with van der Waals surface area (Å²) in [6, 6.07) is 5.74. The molecule has 0 spiro atoms. The number of non-ortho nitro benzene ring substituents is 1. The topological polar surface area (TPSA) is 77.3 Å². The molecule has 1 aromatic carbocycles. The van der Waals surface area contributed by atoms with Gasteiger partial charge in [-0.1, -0.05) is 12.1 Å². The molecule has 0 fully saturated rings. The molecule has 0 aromatic heterocycles. The van der Waals surface area contributed by atoms with Crippen molar-refractivity contribution in [2.75, 3.05) is 0 Å². The van der Waals surface area contributed by atoms with E-state index in [4.69, 9.17) is 11.6 Å². The van der Waals surface area contributed by atoms with Gasteiger partial charge in [0.2, 0.25) is 0 Å². The molecule has 0 N–H and O–H groups in total. The van der Waals surface area contributed by atoms with Crippen LogP contribution in [0.4, 0.5) is 5.69 Å². The lowest BCUT2D eigenvalue weighted by Crippen LogP contribution is -2.05. The van der Waals surface area contributed by atoms with Crippen molar-refractivity contribution >= 4 is 28.0 Å². The largest absolute Gasteiger partial charge is 0.269 e. The molecule has 0 saturated heterocycles. The van der Waals surface area contributed by atoms with E-state index in [1.165, 1.54) is 18.2 Å². The van der Waals surface area contributed by atoms with Gasteiger partial charge in [-0.3, -0.25) is 10.1 Å². The van der Waals surface area contributed by atoms with Crippen molar-refractivity contribution in [1.29, 1.82) is 0 Å². The molecule has 5 nitrogen and oxygen atoms in total. The molecule has 1 atom stereocenters. The van der Waals surface area contributed by atoms with E-state index in [-0.39, 0.29) is 12.1 Å². The third kappa shape index (κ3) is 3.49. The van der Waals surface area contributed by atoms with Crippen molar-refractivity contribution in [3.8, 4) is 0 Å².